The van der Waals surface area contributed by atoms with Gasteiger partial charge >= 0.3 is 5.69 Å². The summed E-state index contributed by atoms with van der Waals surface area (Å²) >= 11 is 0. The van der Waals surface area contributed by atoms with Gasteiger partial charge in [0, 0.05) is 30.7 Å². The number of nitriles is 1. The number of nitrogens with zero attached hydrogens (tertiary/aromatic N) is 8. The van der Waals surface area contributed by atoms with Gasteiger partial charge in [-0.15, -0.1) is 0 Å². The second-order valence-electron chi connectivity index (χ2n) is 11.1. The molecule has 40 heavy (non-hydrogen) atoms. The number of aromatic nitrogens is 6. The molecule has 0 radical (unpaired) electrons. The van der Waals surface area contributed by atoms with E-state index in [0.29, 0.717) is 30.6 Å². The molecule has 6 rings (SSSR count). The number of piperidine rings is 1. The largest absolute Gasteiger partial charge is 0.483 e. The summed E-state index contributed by atoms with van der Waals surface area (Å²) in [4.78, 5) is 24.0. The highest BCUT2D eigenvalue weighted by Crippen LogP contribution is 2.39. The van der Waals surface area contributed by atoms with Crippen LogP contribution in [0.25, 0.3) is 5.69 Å². The van der Waals surface area contributed by atoms with Crippen molar-refractivity contribution in [2.45, 2.75) is 63.3 Å². The molecule has 3 aromatic rings. The number of tetrazole rings is 1. The molecule has 5 heterocycles. The number of hydrogen-bond donors (Lipinski definition) is 2. The zero-order chi connectivity index (χ0) is 28.0. The Hall–Kier alpha value is -4.09. The van der Waals surface area contributed by atoms with Gasteiger partial charge in [-0.25, -0.2) is 14.2 Å². The van der Waals surface area contributed by atoms with Gasteiger partial charge in [0.15, 0.2) is 5.82 Å². The average molecular weight is 551 g/mol. The fourth-order valence-corrected chi connectivity index (χ4v) is 5.89. The maximum Gasteiger partial charge on any atom is 0.368 e. The van der Waals surface area contributed by atoms with E-state index in [0.717, 1.165) is 35.2 Å². The fourth-order valence-electron chi connectivity index (χ4n) is 5.89. The number of rotatable bonds is 7. The Kier molecular flexibility index (Phi) is 6.63. The zero-order valence-electron chi connectivity index (χ0n) is 22.6. The summed E-state index contributed by atoms with van der Waals surface area (Å²) in [7, 11) is 1.46. The quantitative estimate of drug-likeness (QED) is 0.446. The molecule has 3 saturated heterocycles. The van der Waals surface area contributed by atoms with Gasteiger partial charge in [-0.2, -0.15) is 19.6 Å². The van der Waals surface area contributed by atoms with Crippen LogP contribution in [-0.4, -0.2) is 78.1 Å². The Morgan fingerprint density at radius 2 is 2.10 bits per heavy atom. The topological polar surface area (TPSA) is 148 Å². The van der Waals surface area contributed by atoms with Crippen LogP contribution in [0.15, 0.2) is 23.1 Å². The van der Waals surface area contributed by atoms with Crippen LogP contribution in [0.2, 0.25) is 0 Å². The molecular formula is C26H31FN10O3. The predicted molar refractivity (Wildman–Crippen MR) is 142 cm³/mol. The van der Waals surface area contributed by atoms with Crippen molar-refractivity contribution in [2.75, 3.05) is 30.4 Å². The molecule has 0 bridgehead atoms. The lowest BCUT2D eigenvalue weighted by atomic mass is 9.84. The molecule has 0 spiro atoms. The average Bonchev–Trinajstić information content (AvgIpc) is 3.50. The monoisotopic (exact) mass is 550 g/mol. The summed E-state index contributed by atoms with van der Waals surface area (Å²) in [6.07, 6.45) is 5.36. The smallest absolute Gasteiger partial charge is 0.368 e. The van der Waals surface area contributed by atoms with Crippen molar-refractivity contribution in [2.24, 2.45) is 7.05 Å². The number of ether oxygens (including phenoxy) is 2. The van der Waals surface area contributed by atoms with Crippen molar-refractivity contribution in [1.82, 2.24) is 34.7 Å². The van der Waals surface area contributed by atoms with Crippen LogP contribution in [0.1, 0.15) is 45.1 Å². The van der Waals surface area contributed by atoms with Crippen LogP contribution in [0.5, 0.6) is 5.75 Å². The van der Waals surface area contributed by atoms with Crippen LogP contribution >= 0.6 is 0 Å². The van der Waals surface area contributed by atoms with Crippen molar-refractivity contribution in [3.05, 3.63) is 40.2 Å². The maximum absolute atomic E-state index is 15.3. The molecule has 2 atom stereocenters. The molecule has 210 valence electrons. The Labute approximate surface area is 229 Å². The Morgan fingerprint density at radius 3 is 2.80 bits per heavy atom. The van der Waals surface area contributed by atoms with Gasteiger partial charge in [0.25, 0.3) is 0 Å². The molecule has 2 aromatic heterocycles. The van der Waals surface area contributed by atoms with Gasteiger partial charge in [-0.3, -0.25) is 4.90 Å². The van der Waals surface area contributed by atoms with Crippen LogP contribution in [0.4, 0.5) is 21.8 Å². The molecule has 3 aliphatic heterocycles. The molecule has 0 unspecified atom stereocenters. The van der Waals surface area contributed by atoms with Crippen molar-refractivity contribution in [3.63, 3.8) is 0 Å². The fraction of sp³-hybridized carbons (Fsp3) is 0.538. The van der Waals surface area contributed by atoms with Crippen molar-refractivity contribution in [1.29, 1.82) is 5.26 Å². The van der Waals surface area contributed by atoms with E-state index in [1.54, 1.807) is 0 Å². The lowest BCUT2D eigenvalue weighted by Gasteiger charge is -2.47. The van der Waals surface area contributed by atoms with Crippen molar-refractivity contribution in [3.8, 4) is 17.5 Å². The van der Waals surface area contributed by atoms with Gasteiger partial charge in [0.2, 0.25) is 5.95 Å². The third kappa shape index (κ3) is 4.86. The molecule has 0 aliphatic carbocycles. The lowest BCUT2D eigenvalue weighted by molar-refractivity contribution is -0.0797. The molecule has 3 aliphatic rings. The van der Waals surface area contributed by atoms with Crippen molar-refractivity contribution >= 4 is 17.5 Å². The molecule has 13 nitrogen and oxygen atoms in total. The molecule has 0 saturated carbocycles. The molecular weight excluding hydrogens is 519 g/mol. The van der Waals surface area contributed by atoms with Gasteiger partial charge in [-0.1, -0.05) is 0 Å². The number of benzene rings is 1. The van der Waals surface area contributed by atoms with E-state index in [9.17, 15) is 10.1 Å². The van der Waals surface area contributed by atoms with Gasteiger partial charge in [0.05, 0.1) is 25.1 Å². The summed E-state index contributed by atoms with van der Waals surface area (Å²) in [6.45, 7) is 6.35. The number of halogens is 1. The number of fused-ring (bicyclic) bond motifs is 1. The van der Waals surface area contributed by atoms with E-state index in [1.165, 1.54) is 31.8 Å². The van der Waals surface area contributed by atoms with E-state index >= 15 is 4.39 Å². The molecule has 1 aromatic carbocycles. The third-order valence-electron chi connectivity index (χ3n) is 7.85. The van der Waals surface area contributed by atoms with E-state index in [-0.39, 0.29) is 40.8 Å². The first kappa shape index (κ1) is 26.1. The molecule has 3 fully saturated rings. The van der Waals surface area contributed by atoms with Crippen LogP contribution < -0.4 is 21.1 Å². The highest BCUT2D eigenvalue weighted by Gasteiger charge is 2.43. The number of nitrogens with one attached hydrogen (secondary N) is 2. The summed E-state index contributed by atoms with van der Waals surface area (Å²) < 4.78 is 28.4. The summed E-state index contributed by atoms with van der Waals surface area (Å²) in [5.41, 5.74) is 0.0126. The van der Waals surface area contributed by atoms with E-state index in [1.807, 2.05) is 0 Å². The first-order valence-corrected chi connectivity index (χ1v) is 13.4. The third-order valence-corrected chi connectivity index (χ3v) is 7.85. The second kappa shape index (κ2) is 10.1. The first-order chi connectivity index (χ1) is 19.2. The van der Waals surface area contributed by atoms with Crippen LogP contribution in [0, 0.1) is 17.1 Å². The van der Waals surface area contributed by atoms with Crippen LogP contribution in [0.3, 0.4) is 0 Å². The SMILES string of the molecule is Cn1nnn(-c2cc(Nc3ncc(C#N)c(N[C@@H]4C[C@@H]5CCCN5C(C)(C)C4)n3)c(F)cc2OC2COC2)c1=O. The second-order valence-corrected chi connectivity index (χ2v) is 11.1. The minimum atomic E-state index is -0.645. The molecule has 14 heteroatoms. The minimum absolute atomic E-state index is 0.000757. The van der Waals surface area contributed by atoms with E-state index in [4.69, 9.17) is 9.47 Å². The van der Waals surface area contributed by atoms with E-state index < -0.39 is 11.5 Å². The molecule has 0 amide bonds. The lowest BCUT2D eigenvalue weighted by Crippen LogP contribution is -2.55. The highest BCUT2D eigenvalue weighted by atomic mass is 19.1. The maximum atomic E-state index is 15.3. The van der Waals surface area contributed by atoms with Crippen LogP contribution in [-0.2, 0) is 11.8 Å². The van der Waals surface area contributed by atoms with Crippen molar-refractivity contribution < 1.29 is 13.9 Å². The first-order valence-electron chi connectivity index (χ1n) is 13.4. The number of hydrogen-bond acceptors (Lipinski definition) is 11. The van der Waals surface area contributed by atoms with Gasteiger partial charge in [0.1, 0.15) is 35.0 Å². The number of anilines is 3. The summed E-state index contributed by atoms with van der Waals surface area (Å²) in [6, 6.07) is 5.35. The minimum Gasteiger partial charge on any atom is -0.483 e. The highest BCUT2D eigenvalue weighted by molar-refractivity contribution is 5.64. The Balaban J connectivity index is 1.29. The standard InChI is InChI=1S/C26H31FN10O3/c1-26(2)10-16(7-17-5-4-6-36(17)26)30-23-15(11-28)12-29-24(32-23)31-20-9-21(37-25(38)35(3)33-34-37)22(8-19(20)27)40-18-13-39-14-18/h8-9,12,16-18H,4-7,10,13-14H2,1-3H3,(H2,29,30,31,32)/t16-,17+/m1/s1. The Morgan fingerprint density at radius 1 is 1.27 bits per heavy atom. The van der Waals surface area contributed by atoms with E-state index in [2.05, 4.69) is 55.8 Å². The van der Waals surface area contributed by atoms with Gasteiger partial charge in [-0.05, 0) is 62.6 Å². The number of aryl methyl sites for hydroxylation is 1. The Bertz CT molecular complexity index is 1530. The zero-order valence-corrected chi connectivity index (χ0v) is 22.6. The molecule has 2 N–H and O–H groups in total. The summed E-state index contributed by atoms with van der Waals surface area (Å²) in [5.74, 6) is -0.0314. The predicted octanol–water partition coefficient (Wildman–Crippen LogP) is 2.11. The summed E-state index contributed by atoms with van der Waals surface area (Å²) in [5, 5.41) is 23.7. The normalized spacial score (nSPS) is 22.3. The van der Waals surface area contributed by atoms with Gasteiger partial charge < -0.3 is 20.1 Å².